The fourth-order valence-corrected chi connectivity index (χ4v) is 3.28. The number of aryl methyl sites for hydroxylation is 1. The van der Waals surface area contributed by atoms with E-state index in [0.29, 0.717) is 0 Å². The molecule has 2 aromatic rings. The SMILES string of the molecule is NNS(=O)(=O)Oc1ccc2c(c1)CC=C(CCc1ccccc1)C2. The van der Waals surface area contributed by atoms with Crippen LogP contribution in [0.5, 0.6) is 5.75 Å². The lowest BCUT2D eigenvalue weighted by Crippen LogP contribution is -2.34. The molecule has 0 spiro atoms. The van der Waals surface area contributed by atoms with Crippen molar-refractivity contribution in [1.82, 2.24) is 4.83 Å². The van der Waals surface area contributed by atoms with Crippen LogP contribution in [0.25, 0.3) is 0 Å². The minimum atomic E-state index is -3.94. The molecule has 0 aliphatic heterocycles. The van der Waals surface area contributed by atoms with Crippen molar-refractivity contribution in [3.63, 3.8) is 0 Å². The van der Waals surface area contributed by atoms with Crippen molar-refractivity contribution < 1.29 is 12.6 Å². The van der Waals surface area contributed by atoms with Gasteiger partial charge in [0.15, 0.2) is 0 Å². The summed E-state index contributed by atoms with van der Waals surface area (Å²) >= 11 is 0. The van der Waals surface area contributed by atoms with E-state index >= 15 is 0 Å². The minimum Gasteiger partial charge on any atom is -0.370 e. The Morgan fingerprint density at radius 1 is 1.04 bits per heavy atom. The van der Waals surface area contributed by atoms with Gasteiger partial charge in [0.05, 0.1) is 0 Å². The van der Waals surface area contributed by atoms with E-state index in [1.165, 1.54) is 16.7 Å². The molecule has 0 atom stereocenters. The number of nitrogens with one attached hydrogen (secondary N) is 1. The van der Waals surface area contributed by atoms with Crippen molar-refractivity contribution in [1.29, 1.82) is 0 Å². The van der Waals surface area contributed by atoms with E-state index in [4.69, 9.17) is 10.0 Å². The Balaban J connectivity index is 1.65. The van der Waals surface area contributed by atoms with Crippen LogP contribution in [-0.2, 0) is 29.6 Å². The third kappa shape index (κ3) is 4.23. The first-order valence-corrected chi connectivity index (χ1v) is 9.22. The van der Waals surface area contributed by atoms with Crippen molar-refractivity contribution in [3.05, 3.63) is 76.9 Å². The smallest absolute Gasteiger partial charge is 0.370 e. The van der Waals surface area contributed by atoms with Gasteiger partial charge in [-0.1, -0.05) is 48.0 Å². The molecule has 0 amide bonds. The third-order valence-corrected chi connectivity index (χ3v) is 4.83. The largest absolute Gasteiger partial charge is 0.395 e. The number of hydrogen-bond acceptors (Lipinski definition) is 4. The molecule has 0 unspecified atom stereocenters. The van der Waals surface area contributed by atoms with E-state index in [1.807, 2.05) is 12.1 Å². The van der Waals surface area contributed by atoms with Gasteiger partial charge in [0.2, 0.25) is 0 Å². The second kappa shape index (κ2) is 7.17. The molecule has 0 heterocycles. The van der Waals surface area contributed by atoms with Crippen molar-refractivity contribution in [3.8, 4) is 5.75 Å². The Morgan fingerprint density at radius 2 is 1.83 bits per heavy atom. The van der Waals surface area contributed by atoms with Crippen LogP contribution in [0, 0.1) is 0 Å². The van der Waals surface area contributed by atoms with Crippen LogP contribution < -0.4 is 14.9 Å². The van der Waals surface area contributed by atoms with E-state index in [9.17, 15) is 8.42 Å². The summed E-state index contributed by atoms with van der Waals surface area (Å²) in [5, 5.41) is 0. The van der Waals surface area contributed by atoms with E-state index in [0.717, 1.165) is 31.2 Å². The van der Waals surface area contributed by atoms with Crippen LogP contribution in [0.15, 0.2) is 60.2 Å². The molecule has 0 fully saturated rings. The second-order valence-electron chi connectivity index (χ2n) is 5.81. The zero-order valence-corrected chi connectivity index (χ0v) is 14.1. The van der Waals surface area contributed by atoms with Crippen molar-refractivity contribution >= 4 is 10.3 Å². The average Bonchev–Trinajstić information content (AvgIpc) is 2.60. The van der Waals surface area contributed by atoms with E-state index in [2.05, 4.69) is 30.3 Å². The highest BCUT2D eigenvalue weighted by Gasteiger charge is 2.15. The van der Waals surface area contributed by atoms with Gasteiger partial charge in [0, 0.05) is 0 Å². The Labute approximate surface area is 142 Å². The minimum absolute atomic E-state index is 0.271. The maximum atomic E-state index is 11.3. The summed E-state index contributed by atoms with van der Waals surface area (Å²) in [6.45, 7) is 0. The van der Waals surface area contributed by atoms with Crippen LogP contribution >= 0.6 is 0 Å². The molecule has 0 radical (unpaired) electrons. The Hall–Kier alpha value is -2.15. The first-order chi connectivity index (χ1) is 11.6. The maximum absolute atomic E-state index is 11.3. The Kier molecular flexibility index (Phi) is 4.99. The van der Waals surface area contributed by atoms with Gasteiger partial charge in [-0.05, 0) is 54.5 Å². The molecular weight excluding hydrogens is 324 g/mol. The standard InChI is InChI=1S/C18H20N2O3S/c19-20-24(21,22)23-18-11-10-16-12-15(8-9-17(16)13-18)7-6-14-4-2-1-3-5-14/h1-5,8,10-11,13,20H,6-7,9,12,19H2. The second-order valence-corrected chi connectivity index (χ2v) is 7.13. The number of hydrazine groups is 1. The van der Waals surface area contributed by atoms with Crippen molar-refractivity contribution in [2.45, 2.75) is 25.7 Å². The van der Waals surface area contributed by atoms with Gasteiger partial charge in [-0.25, -0.2) is 0 Å². The molecular formula is C18H20N2O3S. The fourth-order valence-electron chi connectivity index (χ4n) is 2.88. The molecule has 1 aliphatic rings. The highest BCUT2D eigenvalue weighted by molar-refractivity contribution is 7.85. The Bertz CT molecular complexity index is 846. The summed E-state index contributed by atoms with van der Waals surface area (Å²) in [6.07, 6.45) is 5.97. The number of benzene rings is 2. The molecule has 6 heteroatoms. The lowest BCUT2D eigenvalue weighted by Gasteiger charge is -2.18. The lowest BCUT2D eigenvalue weighted by molar-refractivity contribution is 0.472. The monoisotopic (exact) mass is 344 g/mol. The summed E-state index contributed by atoms with van der Waals surface area (Å²) in [6, 6.07) is 15.8. The molecule has 126 valence electrons. The molecule has 0 aromatic heterocycles. The average molecular weight is 344 g/mol. The van der Waals surface area contributed by atoms with Crippen LogP contribution in [0.2, 0.25) is 0 Å². The van der Waals surface area contributed by atoms with Crippen LogP contribution in [0.3, 0.4) is 0 Å². The van der Waals surface area contributed by atoms with Gasteiger partial charge < -0.3 is 4.18 Å². The first-order valence-electron chi connectivity index (χ1n) is 7.81. The molecule has 24 heavy (non-hydrogen) atoms. The summed E-state index contributed by atoms with van der Waals surface area (Å²) in [4.78, 5) is 1.65. The summed E-state index contributed by atoms with van der Waals surface area (Å²) in [5.41, 5.74) is 5.05. The number of allylic oxidation sites excluding steroid dienone is 2. The molecule has 0 saturated carbocycles. The number of nitrogens with two attached hydrogens (primary N) is 1. The highest BCUT2D eigenvalue weighted by atomic mass is 32.2. The quantitative estimate of drug-likeness (QED) is 0.479. The predicted octanol–water partition coefficient (Wildman–Crippen LogP) is 2.43. The van der Waals surface area contributed by atoms with Crippen molar-refractivity contribution in [2.24, 2.45) is 5.84 Å². The molecule has 3 rings (SSSR count). The van der Waals surface area contributed by atoms with Gasteiger partial charge in [-0.3, -0.25) is 5.84 Å². The zero-order valence-electron chi connectivity index (χ0n) is 13.2. The summed E-state index contributed by atoms with van der Waals surface area (Å²) < 4.78 is 27.5. The molecule has 3 N–H and O–H groups in total. The maximum Gasteiger partial charge on any atom is 0.395 e. The highest BCUT2D eigenvalue weighted by Crippen LogP contribution is 2.27. The topological polar surface area (TPSA) is 81.4 Å². The summed E-state index contributed by atoms with van der Waals surface area (Å²) in [7, 11) is -3.94. The van der Waals surface area contributed by atoms with Gasteiger partial charge in [0.25, 0.3) is 0 Å². The van der Waals surface area contributed by atoms with Crippen LogP contribution in [-0.4, -0.2) is 8.42 Å². The first kappa shape index (κ1) is 16.7. The fraction of sp³-hybridized carbons (Fsp3) is 0.222. The molecule has 5 nitrogen and oxygen atoms in total. The van der Waals surface area contributed by atoms with Gasteiger partial charge >= 0.3 is 10.3 Å². The molecule has 0 saturated heterocycles. The number of fused-ring (bicyclic) bond motifs is 1. The van der Waals surface area contributed by atoms with E-state index < -0.39 is 10.3 Å². The lowest BCUT2D eigenvalue weighted by atomic mass is 9.89. The number of rotatable bonds is 6. The van der Waals surface area contributed by atoms with Crippen LogP contribution in [0.1, 0.15) is 23.1 Å². The normalized spacial score (nSPS) is 14.0. The van der Waals surface area contributed by atoms with Gasteiger partial charge in [-0.2, -0.15) is 8.42 Å². The zero-order chi connectivity index (χ0) is 17.0. The summed E-state index contributed by atoms with van der Waals surface area (Å²) in [5.74, 6) is 5.19. The van der Waals surface area contributed by atoms with Gasteiger partial charge in [-0.15, -0.1) is 4.83 Å². The van der Waals surface area contributed by atoms with Crippen LogP contribution in [0.4, 0.5) is 0 Å². The molecule has 1 aliphatic carbocycles. The van der Waals surface area contributed by atoms with Crippen molar-refractivity contribution in [2.75, 3.05) is 0 Å². The predicted molar refractivity (Wildman–Crippen MR) is 93.6 cm³/mol. The number of hydrogen-bond donors (Lipinski definition) is 2. The third-order valence-electron chi connectivity index (χ3n) is 4.13. The van der Waals surface area contributed by atoms with E-state index in [-0.39, 0.29) is 5.75 Å². The Morgan fingerprint density at radius 3 is 2.58 bits per heavy atom. The van der Waals surface area contributed by atoms with E-state index in [1.54, 1.807) is 17.0 Å². The van der Waals surface area contributed by atoms with Gasteiger partial charge in [0.1, 0.15) is 5.75 Å². The molecule has 0 bridgehead atoms. The molecule has 2 aromatic carbocycles.